The number of rotatable bonds is 5. The van der Waals surface area contributed by atoms with Gasteiger partial charge in [-0.1, -0.05) is 0 Å². The van der Waals surface area contributed by atoms with Crippen LogP contribution in [-0.2, 0) is 16.1 Å². The van der Waals surface area contributed by atoms with Crippen LogP contribution in [0.4, 0.5) is 17.6 Å². The summed E-state index contributed by atoms with van der Waals surface area (Å²) in [5.74, 6) is -4.84. The standard InChI is InChI=1S/C19H21F4N3O2/c20-13-3-4-15(21)12(5-13)7-24-17(27)16-6-19(22,23)10-26(16)14-8-25(9-14)18(28)11-1-2-11/h3-5,11,14,16H,1-2,6-10H2,(H,24,27)/t16-/m0/s1. The second-order valence-electron chi connectivity index (χ2n) is 7.87. The molecule has 0 spiro atoms. The fourth-order valence-electron chi connectivity index (χ4n) is 3.88. The molecule has 0 aromatic heterocycles. The summed E-state index contributed by atoms with van der Waals surface area (Å²) in [6.45, 7) is -0.147. The second-order valence-corrected chi connectivity index (χ2v) is 7.87. The number of carbonyl (C=O) groups is 2. The number of carbonyl (C=O) groups excluding carboxylic acids is 2. The maximum absolute atomic E-state index is 14.0. The average molecular weight is 399 g/mol. The Kier molecular flexibility index (Phi) is 4.81. The summed E-state index contributed by atoms with van der Waals surface area (Å²) >= 11 is 0. The van der Waals surface area contributed by atoms with Crippen LogP contribution in [0.3, 0.4) is 0 Å². The minimum absolute atomic E-state index is 0.0468. The summed E-state index contributed by atoms with van der Waals surface area (Å²) in [7, 11) is 0. The molecule has 152 valence electrons. The molecular weight excluding hydrogens is 378 g/mol. The van der Waals surface area contributed by atoms with Gasteiger partial charge in [0, 0.05) is 43.6 Å². The molecule has 2 saturated heterocycles. The molecule has 9 heteroatoms. The largest absolute Gasteiger partial charge is 0.351 e. The lowest BCUT2D eigenvalue weighted by atomic mass is 10.0. The highest BCUT2D eigenvalue weighted by molar-refractivity contribution is 5.83. The summed E-state index contributed by atoms with van der Waals surface area (Å²) in [5, 5.41) is 2.44. The predicted octanol–water partition coefficient (Wildman–Crippen LogP) is 1.91. The molecule has 4 rings (SSSR count). The third-order valence-electron chi connectivity index (χ3n) is 5.64. The highest BCUT2D eigenvalue weighted by Gasteiger charge is 2.53. The zero-order valence-electron chi connectivity index (χ0n) is 15.1. The van der Waals surface area contributed by atoms with Crippen molar-refractivity contribution < 1.29 is 27.2 Å². The first-order valence-electron chi connectivity index (χ1n) is 9.37. The molecule has 1 atom stereocenters. The molecule has 3 aliphatic rings. The van der Waals surface area contributed by atoms with E-state index in [1.807, 2.05) is 0 Å². The SMILES string of the molecule is O=C(NCc1cc(F)ccc1F)[C@@H]1CC(F)(F)CN1C1CN(C(=O)C2CC2)C1. The van der Waals surface area contributed by atoms with Crippen LogP contribution in [-0.4, -0.2) is 59.3 Å². The summed E-state index contributed by atoms with van der Waals surface area (Å²) in [5.41, 5.74) is -0.0468. The molecule has 0 bridgehead atoms. The van der Waals surface area contributed by atoms with Crippen LogP contribution in [0.15, 0.2) is 18.2 Å². The van der Waals surface area contributed by atoms with Gasteiger partial charge in [-0.2, -0.15) is 0 Å². The van der Waals surface area contributed by atoms with E-state index >= 15 is 0 Å². The van der Waals surface area contributed by atoms with Gasteiger partial charge in [-0.15, -0.1) is 0 Å². The molecule has 1 aliphatic carbocycles. The number of benzene rings is 1. The molecule has 28 heavy (non-hydrogen) atoms. The Labute approximate surface area is 159 Å². The van der Waals surface area contributed by atoms with Gasteiger partial charge in [0.2, 0.25) is 11.8 Å². The number of nitrogens with zero attached hydrogens (tertiary/aromatic N) is 2. The lowest BCUT2D eigenvalue weighted by molar-refractivity contribution is -0.141. The van der Waals surface area contributed by atoms with Crippen molar-refractivity contribution in [3.8, 4) is 0 Å². The Hall–Kier alpha value is -2.16. The van der Waals surface area contributed by atoms with Crippen LogP contribution in [0.25, 0.3) is 0 Å². The topological polar surface area (TPSA) is 52.7 Å². The van der Waals surface area contributed by atoms with E-state index in [1.165, 1.54) is 4.90 Å². The Morgan fingerprint density at radius 3 is 2.57 bits per heavy atom. The van der Waals surface area contributed by atoms with Gasteiger partial charge in [-0.3, -0.25) is 14.5 Å². The molecule has 1 saturated carbocycles. The van der Waals surface area contributed by atoms with E-state index in [9.17, 15) is 27.2 Å². The van der Waals surface area contributed by atoms with E-state index in [-0.39, 0.29) is 30.0 Å². The Bertz CT molecular complexity index is 793. The van der Waals surface area contributed by atoms with Gasteiger partial charge in [0.15, 0.2) is 0 Å². The van der Waals surface area contributed by atoms with Crippen molar-refractivity contribution >= 4 is 11.8 Å². The van der Waals surface area contributed by atoms with Gasteiger partial charge < -0.3 is 10.2 Å². The molecule has 3 fully saturated rings. The Balaban J connectivity index is 1.38. The zero-order chi connectivity index (χ0) is 20.1. The summed E-state index contributed by atoms with van der Waals surface area (Å²) < 4.78 is 54.9. The van der Waals surface area contributed by atoms with Crippen molar-refractivity contribution in [3.05, 3.63) is 35.4 Å². The number of hydrogen-bond donors (Lipinski definition) is 1. The van der Waals surface area contributed by atoms with Gasteiger partial charge in [0.1, 0.15) is 11.6 Å². The molecule has 2 heterocycles. The second kappa shape index (κ2) is 7.02. The lowest BCUT2D eigenvalue weighted by Gasteiger charge is -2.45. The molecule has 1 aromatic rings. The van der Waals surface area contributed by atoms with Crippen molar-refractivity contribution in [3.63, 3.8) is 0 Å². The van der Waals surface area contributed by atoms with Crippen LogP contribution < -0.4 is 5.32 Å². The molecule has 0 radical (unpaired) electrons. The minimum atomic E-state index is -3.01. The summed E-state index contributed by atoms with van der Waals surface area (Å²) in [4.78, 5) is 27.6. The number of amides is 2. The van der Waals surface area contributed by atoms with Crippen molar-refractivity contribution in [1.29, 1.82) is 0 Å². The lowest BCUT2D eigenvalue weighted by Crippen LogP contribution is -2.64. The van der Waals surface area contributed by atoms with Crippen molar-refractivity contribution in [1.82, 2.24) is 15.1 Å². The van der Waals surface area contributed by atoms with Crippen LogP contribution in [0.1, 0.15) is 24.8 Å². The number of likely N-dealkylation sites (tertiary alicyclic amines) is 2. The highest BCUT2D eigenvalue weighted by Crippen LogP contribution is 2.37. The first-order chi connectivity index (χ1) is 13.2. The van der Waals surface area contributed by atoms with Gasteiger partial charge >= 0.3 is 0 Å². The predicted molar refractivity (Wildman–Crippen MR) is 91.4 cm³/mol. The number of nitrogens with one attached hydrogen (secondary N) is 1. The molecular formula is C19H21F4N3O2. The molecule has 1 N–H and O–H groups in total. The van der Waals surface area contributed by atoms with Gasteiger partial charge in [0.25, 0.3) is 5.92 Å². The number of alkyl halides is 2. The zero-order valence-corrected chi connectivity index (χ0v) is 15.1. The van der Waals surface area contributed by atoms with Crippen molar-refractivity contribution in [2.24, 2.45) is 5.92 Å². The first-order valence-corrected chi connectivity index (χ1v) is 9.37. The Morgan fingerprint density at radius 2 is 1.89 bits per heavy atom. The fraction of sp³-hybridized carbons (Fsp3) is 0.579. The maximum atomic E-state index is 14.0. The van der Waals surface area contributed by atoms with Crippen molar-refractivity contribution in [2.75, 3.05) is 19.6 Å². The normalized spacial score (nSPS) is 24.9. The van der Waals surface area contributed by atoms with E-state index < -0.39 is 42.5 Å². The third kappa shape index (κ3) is 3.85. The third-order valence-corrected chi connectivity index (χ3v) is 5.64. The van der Waals surface area contributed by atoms with Crippen LogP contribution in [0.2, 0.25) is 0 Å². The van der Waals surface area contributed by atoms with Gasteiger partial charge in [0.05, 0.1) is 12.6 Å². The van der Waals surface area contributed by atoms with E-state index in [0.717, 1.165) is 31.0 Å². The van der Waals surface area contributed by atoms with Crippen LogP contribution >= 0.6 is 0 Å². The smallest absolute Gasteiger partial charge is 0.262 e. The van der Waals surface area contributed by atoms with Crippen LogP contribution in [0, 0.1) is 17.6 Å². The summed E-state index contributed by atoms with van der Waals surface area (Å²) in [6, 6.07) is 1.52. The first kappa shape index (κ1) is 19.2. The molecule has 2 aliphatic heterocycles. The summed E-state index contributed by atoms with van der Waals surface area (Å²) in [6.07, 6.45) is 1.13. The maximum Gasteiger partial charge on any atom is 0.262 e. The van der Waals surface area contributed by atoms with Gasteiger partial charge in [-0.25, -0.2) is 17.6 Å². The quantitative estimate of drug-likeness (QED) is 0.770. The van der Waals surface area contributed by atoms with E-state index in [1.54, 1.807) is 4.90 Å². The van der Waals surface area contributed by atoms with Gasteiger partial charge in [-0.05, 0) is 31.0 Å². The molecule has 5 nitrogen and oxygen atoms in total. The minimum Gasteiger partial charge on any atom is -0.351 e. The van der Waals surface area contributed by atoms with E-state index in [2.05, 4.69) is 5.32 Å². The molecule has 1 aromatic carbocycles. The highest BCUT2D eigenvalue weighted by atomic mass is 19.3. The molecule has 0 unspecified atom stereocenters. The Morgan fingerprint density at radius 1 is 1.18 bits per heavy atom. The fourth-order valence-corrected chi connectivity index (χ4v) is 3.88. The molecule has 2 amide bonds. The average Bonchev–Trinajstić information content (AvgIpc) is 3.38. The monoisotopic (exact) mass is 399 g/mol. The van der Waals surface area contributed by atoms with Crippen LogP contribution in [0.5, 0.6) is 0 Å². The number of halogens is 4. The number of hydrogen-bond acceptors (Lipinski definition) is 3. The van der Waals surface area contributed by atoms with E-state index in [0.29, 0.717) is 13.1 Å². The van der Waals surface area contributed by atoms with Crippen molar-refractivity contribution in [2.45, 2.75) is 43.8 Å². The van der Waals surface area contributed by atoms with E-state index in [4.69, 9.17) is 0 Å².